The van der Waals surface area contributed by atoms with Crippen LogP contribution in [0.2, 0.25) is 0 Å². The number of amides is 1. The van der Waals surface area contributed by atoms with Crippen molar-refractivity contribution in [1.29, 1.82) is 0 Å². The molecule has 3 aliphatic rings. The summed E-state index contributed by atoms with van der Waals surface area (Å²) in [6.07, 6.45) is 0.556. The first-order valence-corrected chi connectivity index (χ1v) is 11.6. The number of rotatable bonds is 3. The molecule has 1 aliphatic carbocycles. The molecule has 1 amide bonds. The van der Waals surface area contributed by atoms with Gasteiger partial charge in [0.1, 0.15) is 5.82 Å². The molecule has 0 aromatic heterocycles. The standard InChI is InChI=1S/C25H27F4N3O/c26-18-6-8-19(9-7-18)30-24(33)21-14-16-13-17(25(27,28)29)5-10-22(16)32-12-11-31(15-23(21)32)20-3-1-2-4-20/h5-10,13,20-21,23H,1-4,11-12,14-15H2,(H,30,33)/t21-,23-/m1/s1. The number of piperazine rings is 1. The van der Waals surface area contributed by atoms with Crippen LogP contribution in [-0.2, 0) is 17.4 Å². The van der Waals surface area contributed by atoms with Crippen molar-refractivity contribution in [3.63, 3.8) is 0 Å². The predicted molar refractivity (Wildman–Crippen MR) is 119 cm³/mol. The number of nitrogens with one attached hydrogen (secondary N) is 1. The maximum Gasteiger partial charge on any atom is 0.416 e. The second-order valence-electron chi connectivity index (χ2n) is 9.34. The van der Waals surface area contributed by atoms with Crippen LogP contribution >= 0.6 is 0 Å². The average molecular weight is 462 g/mol. The fraction of sp³-hybridized carbons (Fsp3) is 0.480. The van der Waals surface area contributed by atoms with E-state index in [-0.39, 0.29) is 18.4 Å². The Bertz CT molecular complexity index is 1020. The lowest BCUT2D eigenvalue weighted by Gasteiger charge is -2.50. The smallest absolute Gasteiger partial charge is 0.365 e. The van der Waals surface area contributed by atoms with Gasteiger partial charge in [0.25, 0.3) is 0 Å². The van der Waals surface area contributed by atoms with E-state index in [1.807, 2.05) is 0 Å². The van der Waals surface area contributed by atoms with E-state index in [0.29, 0.717) is 30.4 Å². The topological polar surface area (TPSA) is 35.6 Å². The second kappa shape index (κ2) is 8.63. The first-order valence-electron chi connectivity index (χ1n) is 11.6. The van der Waals surface area contributed by atoms with Gasteiger partial charge in [-0.2, -0.15) is 13.2 Å². The molecule has 1 saturated carbocycles. The maximum atomic E-state index is 13.4. The van der Waals surface area contributed by atoms with E-state index in [0.717, 1.165) is 31.1 Å². The summed E-state index contributed by atoms with van der Waals surface area (Å²) in [6.45, 7) is 2.24. The minimum Gasteiger partial charge on any atom is -0.365 e. The van der Waals surface area contributed by atoms with Crippen LogP contribution in [0.3, 0.4) is 0 Å². The summed E-state index contributed by atoms with van der Waals surface area (Å²) in [5.74, 6) is -1.15. The van der Waals surface area contributed by atoms with Gasteiger partial charge in [0, 0.05) is 37.1 Å². The molecule has 0 unspecified atom stereocenters. The molecular formula is C25H27F4N3O. The van der Waals surface area contributed by atoms with Gasteiger partial charge in [-0.3, -0.25) is 9.69 Å². The Morgan fingerprint density at radius 2 is 1.73 bits per heavy atom. The molecule has 2 atom stereocenters. The second-order valence-corrected chi connectivity index (χ2v) is 9.34. The number of carbonyl (C=O) groups is 1. The Labute approximate surface area is 190 Å². The normalized spacial score (nSPS) is 23.8. The minimum atomic E-state index is -4.43. The molecule has 2 aromatic carbocycles. The van der Waals surface area contributed by atoms with E-state index in [1.54, 1.807) is 6.07 Å². The quantitative estimate of drug-likeness (QED) is 0.647. The van der Waals surface area contributed by atoms with Gasteiger partial charge in [0.2, 0.25) is 5.91 Å². The molecule has 0 bridgehead atoms. The predicted octanol–water partition coefficient (Wildman–Crippen LogP) is 5.09. The number of hydrogen-bond acceptors (Lipinski definition) is 3. The number of fused-ring (bicyclic) bond motifs is 3. The monoisotopic (exact) mass is 461 g/mol. The zero-order chi connectivity index (χ0) is 23.2. The van der Waals surface area contributed by atoms with Gasteiger partial charge in [-0.1, -0.05) is 12.8 Å². The van der Waals surface area contributed by atoms with E-state index in [1.165, 1.54) is 43.2 Å². The van der Waals surface area contributed by atoms with Crippen molar-refractivity contribution in [2.75, 3.05) is 29.9 Å². The van der Waals surface area contributed by atoms with Crippen LogP contribution in [0.1, 0.15) is 36.8 Å². The van der Waals surface area contributed by atoms with Crippen LogP contribution in [-0.4, -0.2) is 42.5 Å². The Morgan fingerprint density at radius 1 is 1.00 bits per heavy atom. The third-order valence-corrected chi connectivity index (χ3v) is 7.36. The van der Waals surface area contributed by atoms with Crippen molar-refractivity contribution in [1.82, 2.24) is 4.90 Å². The number of nitrogens with zero attached hydrogens (tertiary/aromatic N) is 2. The van der Waals surface area contributed by atoms with Crippen LogP contribution in [0.25, 0.3) is 0 Å². The van der Waals surface area contributed by atoms with Crippen molar-refractivity contribution in [2.45, 2.75) is 50.4 Å². The third-order valence-electron chi connectivity index (χ3n) is 7.36. The molecule has 0 spiro atoms. The van der Waals surface area contributed by atoms with Gasteiger partial charge in [-0.05, 0) is 67.3 Å². The molecule has 0 radical (unpaired) electrons. The van der Waals surface area contributed by atoms with Crippen molar-refractivity contribution in [3.8, 4) is 0 Å². The zero-order valence-corrected chi connectivity index (χ0v) is 18.2. The highest BCUT2D eigenvalue weighted by atomic mass is 19.4. The summed E-state index contributed by atoms with van der Waals surface area (Å²) in [5, 5.41) is 2.86. The Balaban J connectivity index is 1.45. The molecule has 176 valence electrons. The van der Waals surface area contributed by atoms with Gasteiger partial charge < -0.3 is 10.2 Å². The Morgan fingerprint density at radius 3 is 2.42 bits per heavy atom. The van der Waals surface area contributed by atoms with Gasteiger partial charge in [-0.25, -0.2) is 4.39 Å². The molecule has 2 fully saturated rings. The van der Waals surface area contributed by atoms with Crippen molar-refractivity contribution in [3.05, 3.63) is 59.4 Å². The molecule has 33 heavy (non-hydrogen) atoms. The van der Waals surface area contributed by atoms with Gasteiger partial charge in [0.15, 0.2) is 0 Å². The average Bonchev–Trinajstić information content (AvgIpc) is 3.33. The SMILES string of the molecule is O=C(Nc1ccc(F)cc1)[C@@H]1Cc2cc(C(F)(F)F)ccc2N2CCN(C3CCCC3)C[C@H]12. The van der Waals surface area contributed by atoms with E-state index in [2.05, 4.69) is 15.1 Å². The first-order chi connectivity index (χ1) is 15.8. The number of halogens is 4. The Hall–Kier alpha value is -2.61. The van der Waals surface area contributed by atoms with E-state index in [9.17, 15) is 22.4 Å². The summed E-state index contributed by atoms with van der Waals surface area (Å²) in [4.78, 5) is 17.9. The van der Waals surface area contributed by atoms with Crippen molar-refractivity contribution >= 4 is 17.3 Å². The molecule has 5 rings (SSSR count). The number of benzene rings is 2. The lowest BCUT2D eigenvalue weighted by atomic mass is 9.82. The van der Waals surface area contributed by atoms with Crippen molar-refractivity contribution < 1.29 is 22.4 Å². The number of hydrogen-bond donors (Lipinski definition) is 1. The molecule has 1 saturated heterocycles. The molecule has 2 aliphatic heterocycles. The van der Waals surface area contributed by atoms with Crippen LogP contribution in [0.5, 0.6) is 0 Å². The van der Waals surface area contributed by atoms with E-state index < -0.39 is 23.5 Å². The first kappa shape index (κ1) is 22.2. The summed E-state index contributed by atoms with van der Waals surface area (Å²) in [6, 6.07) is 9.82. The van der Waals surface area contributed by atoms with E-state index in [4.69, 9.17) is 0 Å². The molecular weight excluding hydrogens is 434 g/mol. The van der Waals surface area contributed by atoms with Crippen LogP contribution in [0.15, 0.2) is 42.5 Å². The third kappa shape index (κ3) is 4.45. The molecule has 4 nitrogen and oxygen atoms in total. The lowest BCUT2D eigenvalue weighted by Crippen LogP contribution is -2.61. The number of alkyl halides is 3. The summed E-state index contributed by atoms with van der Waals surface area (Å²) < 4.78 is 53.4. The molecule has 1 N–H and O–H groups in total. The summed E-state index contributed by atoms with van der Waals surface area (Å²) in [5.41, 5.74) is 1.13. The maximum absolute atomic E-state index is 13.4. The van der Waals surface area contributed by atoms with Crippen LogP contribution in [0.4, 0.5) is 28.9 Å². The number of anilines is 2. The van der Waals surface area contributed by atoms with Gasteiger partial charge in [-0.15, -0.1) is 0 Å². The summed E-state index contributed by atoms with van der Waals surface area (Å²) in [7, 11) is 0. The highest BCUT2D eigenvalue weighted by Crippen LogP contribution is 2.41. The van der Waals surface area contributed by atoms with E-state index >= 15 is 0 Å². The Kier molecular flexibility index (Phi) is 5.80. The summed E-state index contributed by atoms with van der Waals surface area (Å²) >= 11 is 0. The van der Waals surface area contributed by atoms with Gasteiger partial charge in [0.05, 0.1) is 17.5 Å². The molecule has 2 heterocycles. The fourth-order valence-electron chi connectivity index (χ4n) is 5.69. The van der Waals surface area contributed by atoms with Crippen molar-refractivity contribution in [2.24, 2.45) is 5.92 Å². The number of carbonyl (C=O) groups excluding carboxylic acids is 1. The lowest BCUT2D eigenvalue weighted by molar-refractivity contribution is -0.137. The fourth-order valence-corrected chi connectivity index (χ4v) is 5.69. The highest BCUT2D eigenvalue weighted by Gasteiger charge is 2.44. The minimum absolute atomic E-state index is 0.121. The van der Waals surface area contributed by atoms with Crippen LogP contribution < -0.4 is 10.2 Å². The highest BCUT2D eigenvalue weighted by molar-refractivity contribution is 5.94. The largest absolute Gasteiger partial charge is 0.416 e. The molecule has 2 aromatic rings. The molecule has 8 heteroatoms. The van der Waals surface area contributed by atoms with Gasteiger partial charge >= 0.3 is 6.18 Å². The zero-order valence-electron chi connectivity index (χ0n) is 18.2. The van der Waals surface area contributed by atoms with Crippen LogP contribution in [0, 0.1) is 11.7 Å².